The Morgan fingerprint density at radius 1 is 1.50 bits per heavy atom. The van der Waals surface area contributed by atoms with Crippen LogP contribution in [0.4, 0.5) is 10.2 Å². The van der Waals surface area contributed by atoms with E-state index in [0.717, 1.165) is 6.42 Å². The van der Waals surface area contributed by atoms with Crippen molar-refractivity contribution in [2.45, 2.75) is 33.1 Å². The van der Waals surface area contributed by atoms with Crippen LogP contribution in [0.25, 0.3) is 0 Å². The van der Waals surface area contributed by atoms with Crippen molar-refractivity contribution >= 4 is 5.82 Å². The first-order valence-electron chi connectivity index (χ1n) is 4.60. The monoisotopic (exact) mass is 198 g/mol. The van der Waals surface area contributed by atoms with Gasteiger partial charge in [-0.2, -0.15) is 0 Å². The van der Waals surface area contributed by atoms with E-state index in [9.17, 15) is 4.39 Å². The molecule has 4 nitrogen and oxygen atoms in total. The molecule has 0 bridgehead atoms. The van der Waals surface area contributed by atoms with Gasteiger partial charge in [-0.05, 0) is 13.3 Å². The first kappa shape index (κ1) is 10.8. The molecule has 1 unspecified atom stereocenters. The van der Waals surface area contributed by atoms with Gasteiger partial charge in [-0.25, -0.2) is 20.2 Å². The second kappa shape index (κ2) is 4.32. The number of hydrogen-bond donors (Lipinski definition) is 2. The van der Waals surface area contributed by atoms with Gasteiger partial charge in [-0.1, -0.05) is 13.8 Å². The number of aromatic nitrogens is 2. The molecule has 0 aliphatic heterocycles. The van der Waals surface area contributed by atoms with Crippen LogP contribution >= 0.6 is 0 Å². The SMILES string of the molecule is CCC(C)c1nc(C)c(F)c(NN)n1. The van der Waals surface area contributed by atoms with Crippen molar-refractivity contribution in [3.8, 4) is 0 Å². The highest BCUT2D eigenvalue weighted by Gasteiger charge is 2.13. The van der Waals surface area contributed by atoms with Gasteiger partial charge >= 0.3 is 0 Å². The van der Waals surface area contributed by atoms with Crippen LogP contribution in [0, 0.1) is 12.7 Å². The maximum atomic E-state index is 13.3. The van der Waals surface area contributed by atoms with Crippen molar-refractivity contribution in [2.75, 3.05) is 5.43 Å². The van der Waals surface area contributed by atoms with Crippen LogP contribution < -0.4 is 11.3 Å². The lowest BCUT2D eigenvalue weighted by atomic mass is 10.1. The highest BCUT2D eigenvalue weighted by molar-refractivity contribution is 5.36. The van der Waals surface area contributed by atoms with Crippen molar-refractivity contribution in [1.82, 2.24) is 9.97 Å². The van der Waals surface area contributed by atoms with E-state index in [0.29, 0.717) is 11.5 Å². The van der Waals surface area contributed by atoms with Gasteiger partial charge in [0.1, 0.15) is 5.82 Å². The van der Waals surface area contributed by atoms with E-state index < -0.39 is 5.82 Å². The predicted molar refractivity (Wildman–Crippen MR) is 53.2 cm³/mol. The van der Waals surface area contributed by atoms with Gasteiger partial charge in [-0.15, -0.1) is 0 Å². The van der Waals surface area contributed by atoms with Crippen molar-refractivity contribution in [3.63, 3.8) is 0 Å². The second-order valence-electron chi connectivity index (χ2n) is 3.28. The number of nitrogens with two attached hydrogens (primary N) is 1. The van der Waals surface area contributed by atoms with E-state index in [-0.39, 0.29) is 11.7 Å². The van der Waals surface area contributed by atoms with Gasteiger partial charge in [0.05, 0.1) is 5.69 Å². The molecule has 0 spiro atoms. The van der Waals surface area contributed by atoms with E-state index >= 15 is 0 Å². The Morgan fingerprint density at radius 3 is 2.64 bits per heavy atom. The molecule has 1 aromatic heterocycles. The molecule has 1 rings (SSSR count). The van der Waals surface area contributed by atoms with Crippen molar-refractivity contribution in [3.05, 3.63) is 17.3 Å². The van der Waals surface area contributed by atoms with Crippen LogP contribution in [0.1, 0.15) is 37.7 Å². The van der Waals surface area contributed by atoms with E-state index in [1.165, 1.54) is 0 Å². The number of rotatable bonds is 3. The van der Waals surface area contributed by atoms with Crippen LogP contribution in [0.2, 0.25) is 0 Å². The molecule has 3 N–H and O–H groups in total. The van der Waals surface area contributed by atoms with Crippen LogP contribution in [-0.2, 0) is 0 Å². The van der Waals surface area contributed by atoms with Crippen molar-refractivity contribution in [2.24, 2.45) is 5.84 Å². The van der Waals surface area contributed by atoms with E-state index in [4.69, 9.17) is 5.84 Å². The Labute approximate surface area is 82.7 Å². The summed E-state index contributed by atoms with van der Waals surface area (Å²) in [6, 6.07) is 0. The third-order valence-corrected chi connectivity index (χ3v) is 2.22. The standard InChI is InChI=1S/C9H15FN4/c1-4-5(2)8-12-6(3)7(10)9(13-8)14-11/h5H,4,11H2,1-3H3,(H,12,13,14). The molecule has 0 aliphatic carbocycles. The molecule has 0 aliphatic rings. The molecule has 14 heavy (non-hydrogen) atoms. The molecule has 1 aromatic rings. The molecule has 0 saturated heterocycles. The normalized spacial score (nSPS) is 12.6. The topological polar surface area (TPSA) is 63.8 Å². The van der Waals surface area contributed by atoms with Gasteiger partial charge < -0.3 is 5.43 Å². The molecule has 0 fully saturated rings. The highest BCUT2D eigenvalue weighted by atomic mass is 19.1. The molecular formula is C9H15FN4. The number of nitrogens with one attached hydrogen (secondary N) is 1. The summed E-state index contributed by atoms with van der Waals surface area (Å²) in [6.45, 7) is 5.62. The number of halogens is 1. The predicted octanol–water partition coefficient (Wildman–Crippen LogP) is 1.72. The smallest absolute Gasteiger partial charge is 0.187 e. The number of hydrogen-bond acceptors (Lipinski definition) is 4. The summed E-state index contributed by atoms with van der Waals surface area (Å²) >= 11 is 0. The summed E-state index contributed by atoms with van der Waals surface area (Å²) in [4.78, 5) is 8.07. The summed E-state index contributed by atoms with van der Waals surface area (Å²) in [7, 11) is 0. The van der Waals surface area contributed by atoms with Crippen molar-refractivity contribution in [1.29, 1.82) is 0 Å². The van der Waals surface area contributed by atoms with E-state index in [2.05, 4.69) is 15.4 Å². The molecule has 0 aromatic carbocycles. The zero-order valence-electron chi connectivity index (χ0n) is 8.63. The number of anilines is 1. The number of nitrogens with zero attached hydrogens (tertiary/aromatic N) is 2. The first-order valence-corrected chi connectivity index (χ1v) is 4.60. The largest absolute Gasteiger partial charge is 0.306 e. The lowest BCUT2D eigenvalue weighted by Crippen LogP contribution is -2.14. The van der Waals surface area contributed by atoms with Crippen LogP contribution in [0.15, 0.2) is 0 Å². The summed E-state index contributed by atoms with van der Waals surface area (Å²) in [6.07, 6.45) is 0.912. The second-order valence-corrected chi connectivity index (χ2v) is 3.28. The Kier molecular flexibility index (Phi) is 3.35. The summed E-state index contributed by atoms with van der Waals surface area (Å²) in [5.41, 5.74) is 2.55. The number of nitrogen functional groups attached to an aromatic ring is 1. The molecular weight excluding hydrogens is 183 g/mol. The molecule has 5 heteroatoms. The minimum absolute atomic E-state index is 0.0628. The Balaban J connectivity index is 3.16. The maximum absolute atomic E-state index is 13.3. The van der Waals surface area contributed by atoms with E-state index in [1.807, 2.05) is 13.8 Å². The molecule has 1 heterocycles. The fraction of sp³-hybridized carbons (Fsp3) is 0.556. The van der Waals surface area contributed by atoms with Crippen molar-refractivity contribution < 1.29 is 4.39 Å². The van der Waals surface area contributed by atoms with Gasteiger partial charge in [0.25, 0.3) is 0 Å². The van der Waals surface area contributed by atoms with Crippen LogP contribution in [0.5, 0.6) is 0 Å². The number of hydrazine groups is 1. The van der Waals surface area contributed by atoms with Gasteiger partial charge in [0.2, 0.25) is 0 Å². The highest BCUT2D eigenvalue weighted by Crippen LogP contribution is 2.19. The molecule has 0 saturated carbocycles. The lowest BCUT2D eigenvalue weighted by Gasteiger charge is -2.10. The molecule has 0 radical (unpaired) electrons. The Hall–Kier alpha value is -1.23. The average molecular weight is 198 g/mol. The van der Waals surface area contributed by atoms with Crippen LogP contribution in [0.3, 0.4) is 0 Å². The van der Waals surface area contributed by atoms with Gasteiger partial charge in [0.15, 0.2) is 11.6 Å². The van der Waals surface area contributed by atoms with Gasteiger partial charge in [-0.3, -0.25) is 0 Å². The van der Waals surface area contributed by atoms with E-state index in [1.54, 1.807) is 6.92 Å². The lowest BCUT2D eigenvalue weighted by molar-refractivity contribution is 0.587. The molecule has 78 valence electrons. The zero-order valence-corrected chi connectivity index (χ0v) is 8.63. The minimum atomic E-state index is -0.487. The van der Waals surface area contributed by atoms with Crippen LogP contribution in [-0.4, -0.2) is 9.97 Å². The Bertz CT molecular complexity index is 327. The molecule has 1 atom stereocenters. The van der Waals surface area contributed by atoms with Gasteiger partial charge in [0, 0.05) is 5.92 Å². The summed E-state index contributed by atoms with van der Waals surface area (Å²) in [5.74, 6) is 5.56. The quantitative estimate of drug-likeness (QED) is 0.573. The number of aryl methyl sites for hydroxylation is 1. The Morgan fingerprint density at radius 2 is 2.14 bits per heavy atom. The summed E-state index contributed by atoms with van der Waals surface area (Å²) < 4.78 is 13.3. The summed E-state index contributed by atoms with van der Waals surface area (Å²) in [5, 5.41) is 0. The minimum Gasteiger partial charge on any atom is -0.306 e. The maximum Gasteiger partial charge on any atom is 0.187 e. The third-order valence-electron chi connectivity index (χ3n) is 2.22. The molecule has 0 amide bonds. The fourth-order valence-electron chi connectivity index (χ4n) is 1.08. The zero-order chi connectivity index (χ0) is 10.7. The first-order chi connectivity index (χ1) is 6.60. The fourth-order valence-corrected chi connectivity index (χ4v) is 1.08. The average Bonchev–Trinajstić information content (AvgIpc) is 2.20. The third kappa shape index (κ3) is 1.98.